The Morgan fingerprint density at radius 1 is 1.21 bits per heavy atom. The molecule has 0 saturated carbocycles. The van der Waals surface area contributed by atoms with Gasteiger partial charge in [-0.2, -0.15) is 0 Å². The predicted octanol–water partition coefficient (Wildman–Crippen LogP) is 2.51. The van der Waals surface area contributed by atoms with Crippen molar-refractivity contribution in [2.75, 3.05) is 19.8 Å². The van der Waals surface area contributed by atoms with E-state index < -0.39 is 6.10 Å². The first kappa shape index (κ1) is 20.2. The maximum atomic E-state index is 11.4. The molecule has 0 amide bonds. The second-order valence-corrected chi connectivity index (χ2v) is 6.98. The maximum absolute atomic E-state index is 11.4. The zero-order valence-electron chi connectivity index (χ0n) is 16.1. The highest BCUT2D eigenvalue weighted by molar-refractivity contribution is 5.71. The molecule has 0 radical (unpaired) electrons. The van der Waals surface area contributed by atoms with Crippen LogP contribution in [0.1, 0.15) is 36.1 Å². The Labute approximate surface area is 165 Å². The van der Waals surface area contributed by atoms with Gasteiger partial charge in [0.05, 0.1) is 12.7 Å². The molecule has 2 atom stereocenters. The van der Waals surface area contributed by atoms with Crippen LogP contribution in [0, 0.1) is 0 Å². The van der Waals surface area contributed by atoms with E-state index in [1.807, 2.05) is 12.1 Å². The molecule has 0 aromatic heterocycles. The summed E-state index contributed by atoms with van der Waals surface area (Å²) in [4.78, 5) is 11.4. The van der Waals surface area contributed by atoms with Crippen LogP contribution < -0.4 is 10.1 Å². The van der Waals surface area contributed by atoms with Crippen LogP contribution in [0.5, 0.6) is 11.5 Å². The number of aliphatic hydroxyl groups is 1. The summed E-state index contributed by atoms with van der Waals surface area (Å²) in [6, 6.07) is 12.8. The molecular formula is C22H27NO5. The Hall–Kier alpha value is -2.57. The topological polar surface area (TPSA) is 88.0 Å². The van der Waals surface area contributed by atoms with Gasteiger partial charge in [0.1, 0.15) is 11.5 Å². The van der Waals surface area contributed by atoms with Crippen molar-refractivity contribution in [3.8, 4) is 11.5 Å². The molecule has 28 heavy (non-hydrogen) atoms. The third-order valence-electron chi connectivity index (χ3n) is 4.95. The van der Waals surface area contributed by atoms with Crippen molar-refractivity contribution in [2.45, 2.75) is 38.3 Å². The third kappa shape index (κ3) is 5.47. The fourth-order valence-corrected chi connectivity index (χ4v) is 3.44. The largest absolute Gasteiger partial charge is 0.508 e. The number of carbonyl (C=O) groups excluding carboxylic acids is 1. The lowest BCUT2D eigenvalue weighted by Gasteiger charge is -2.27. The lowest BCUT2D eigenvalue weighted by atomic mass is 9.88. The van der Waals surface area contributed by atoms with Crippen LogP contribution in [0.4, 0.5) is 0 Å². The van der Waals surface area contributed by atoms with Gasteiger partial charge in [-0.15, -0.1) is 0 Å². The van der Waals surface area contributed by atoms with Gasteiger partial charge in [0.15, 0.2) is 6.61 Å². The van der Waals surface area contributed by atoms with E-state index in [2.05, 4.69) is 11.4 Å². The third-order valence-corrected chi connectivity index (χ3v) is 4.95. The van der Waals surface area contributed by atoms with Crippen LogP contribution in [-0.4, -0.2) is 42.0 Å². The first-order valence-corrected chi connectivity index (χ1v) is 9.65. The highest BCUT2D eigenvalue weighted by Gasteiger charge is 2.20. The van der Waals surface area contributed by atoms with Gasteiger partial charge in [-0.1, -0.05) is 18.2 Å². The summed E-state index contributed by atoms with van der Waals surface area (Å²) < 4.78 is 10.4. The van der Waals surface area contributed by atoms with Crippen LogP contribution in [-0.2, 0) is 22.4 Å². The average molecular weight is 385 g/mol. The second-order valence-electron chi connectivity index (χ2n) is 6.98. The van der Waals surface area contributed by atoms with E-state index in [1.54, 1.807) is 31.2 Å². The van der Waals surface area contributed by atoms with Gasteiger partial charge in [-0.25, -0.2) is 4.79 Å². The highest BCUT2D eigenvalue weighted by atomic mass is 16.6. The number of aliphatic hydroxyl groups excluding tert-OH is 1. The standard InChI is InChI=1S/C22H27NO5/c1-2-27-22(26)14-28-20-10-6-15-3-7-18(11-17(15)12-20)23-13-21(25)16-4-8-19(24)9-5-16/h4-6,8-10,12,18,21,23-25H,2-3,7,11,13-14H2,1H3/t18-,21+/m0/s1. The number of esters is 1. The number of phenols is 1. The van der Waals surface area contributed by atoms with Gasteiger partial charge < -0.3 is 25.0 Å². The molecule has 3 N–H and O–H groups in total. The number of aryl methyl sites for hydroxylation is 1. The minimum Gasteiger partial charge on any atom is -0.508 e. The molecular weight excluding hydrogens is 358 g/mol. The van der Waals surface area contributed by atoms with E-state index in [-0.39, 0.29) is 24.4 Å². The fraction of sp³-hybridized carbons (Fsp3) is 0.409. The molecule has 0 saturated heterocycles. The summed E-state index contributed by atoms with van der Waals surface area (Å²) in [5.41, 5.74) is 3.26. The van der Waals surface area contributed by atoms with Crippen LogP contribution in [0.3, 0.4) is 0 Å². The smallest absolute Gasteiger partial charge is 0.344 e. The molecule has 1 aliphatic carbocycles. The highest BCUT2D eigenvalue weighted by Crippen LogP contribution is 2.26. The van der Waals surface area contributed by atoms with Crippen molar-refractivity contribution in [1.29, 1.82) is 0 Å². The van der Waals surface area contributed by atoms with Crippen LogP contribution in [0.2, 0.25) is 0 Å². The minimum atomic E-state index is -0.624. The summed E-state index contributed by atoms with van der Waals surface area (Å²) in [6.07, 6.45) is 2.17. The van der Waals surface area contributed by atoms with E-state index in [0.717, 1.165) is 24.8 Å². The molecule has 2 aromatic rings. The number of benzene rings is 2. The van der Waals surface area contributed by atoms with E-state index in [1.165, 1.54) is 11.1 Å². The molecule has 1 aliphatic rings. The lowest BCUT2D eigenvalue weighted by Crippen LogP contribution is -2.37. The molecule has 0 unspecified atom stereocenters. The molecule has 0 aliphatic heterocycles. The normalized spacial score (nSPS) is 16.9. The molecule has 6 heteroatoms. The van der Waals surface area contributed by atoms with Gasteiger partial charge in [0.2, 0.25) is 0 Å². The summed E-state index contributed by atoms with van der Waals surface area (Å²) in [5, 5.41) is 23.1. The molecule has 3 rings (SSSR count). The van der Waals surface area contributed by atoms with Crippen molar-refractivity contribution in [3.63, 3.8) is 0 Å². The number of carbonyl (C=O) groups is 1. The Morgan fingerprint density at radius 3 is 2.75 bits per heavy atom. The van der Waals surface area contributed by atoms with Gasteiger partial charge >= 0.3 is 5.97 Å². The summed E-state index contributed by atoms with van der Waals surface area (Å²) in [6.45, 7) is 2.47. The first-order chi connectivity index (χ1) is 13.5. The lowest BCUT2D eigenvalue weighted by molar-refractivity contribution is -0.145. The van der Waals surface area contributed by atoms with Crippen LogP contribution in [0.15, 0.2) is 42.5 Å². The minimum absolute atomic E-state index is 0.0902. The molecule has 6 nitrogen and oxygen atoms in total. The second kappa shape index (κ2) is 9.57. The van der Waals surface area contributed by atoms with Gasteiger partial charge in [0.25, 0.3) is 0 Å². The van der Waals surface area contributed by atoms with E-state index in [9.17, 15) is 15.0 Å². The van der Waals surface area contributed by atoms with Crippen molar-refractivity contribution in [2.24, 2.45) is 0 Å². The van der Waals surface area contributed by atoms with Crippen LogP contribution in [0.25, 0.3) is 0 Å². The Kier molecular flexibility index (Phi) is 6.90. The van der Waals surface area contributed by atoms with Gasteiger partial charge in [-0.05, 0) is 67.1 Å². The number of hydrogen-bond acceptors (Lipinski definition) is 6. The van der Waals surface area contributed by atoms with E-state index in [0.29, 0.717) is 18.9 Å². The Bertz CT molecular complexity index is 790. The van der Waals surface area contributed by atoms with Crippen molar-refractivity contribution in [1.82, 2.24) is 5.32 Å². The van der Waals surface area contributed by atoms with Crippen molar-refractivity contribution < 1.29 is 24.5 Å². The summed E-state index contributed by atoms with van der Waals surface area (Å²) >= 11 is 0. The number of fused-ring (bicyclic) bond motifs is 1. The fourth-order valence-electron chi connectivity index (χ4n) is 3.44. The first-order valence-electron chi connectivity index (χ1n) is 9.65. The zero-order valence-corrected chi connectivity index (χ0v) is 16.1. The molecule has 2 aromatic carbocycles. The number of ether oxygens (including phenoxy) is 2. The summed E-state index contributed by atoms with van der Waals surface area (Å²) in [7, 11) is 0. The molecule has 0 fully saturated rings. The van der Waals surface area contributed by atoms with E-state index >= 15 is 0 Å². The summed E-state index contributed by atoms with van der Waals surface area (Å²) in [5.74, 6) is 0.480. The number of nitrogens with one attached hydrogen (secondary N) is 1. The van der Waals surface area contributed by atoms with Crippen molar-refractivity contribution >= 4 is 5.97 Å². The average Bonchev–Trinajstić information content (AvgIpc) is 2.71. The number of aromatic hydroxyl groups is 1. The van der Waals surface area contributed by atoms with E-state index in [4.69, 9.17) is 9.47 Å². The van der Waals surface area contributed by atoms with Crippen molar-refractivity contribution in [3.05, 3.63) is 59.2 Å². The van der Waals surface area contributed by atoms with Gasteiger partial charge in [-0.3, -0.25) is 0 Å². The molecule has 0 bridgehead atoms. The molecule has 0 heterocycles. The Morgan fingerprint density at radius 2 is 2.00 bits per heavy atom. The number of phenolic OH excluding ortho intramolecular Hbond substituents is 1. The quantitative estimate of drug-likeness (QED) is 0.605. The van der Waals surface area contributed by atoms with Gasteiger partial charge in [0, 0.05) is 12.6 Å². The Balaban J connectivity index is 1.53. The van der Waals surface area contributed by atoms with Crippen LogP contribution >= 0.6 is 0 Å². The predicted molar refractivity (Wildman–Crippen MR) is 105 cm³/mol. The monoisotopic (exact) mass is 385 g/mol. The molecule has 0 spiro atoms. The zero-order chi connectivity index (χ0) is 19.9. The number of rotatable bonds is 8. The SMILES string of the molecule is CCOC(=O)COc1ccc2c(c1)C[C@@H](NC[C@@H](O)c1ccc(O)cc1)CC2. The molecule has 150 valence electrons. The number of hydrogen-bond donors (Lipinski definition) is 3. The maximum Gasteiger partial charge on any atom is 0.344 e.